The Morgan fingerprint density at radius 3 is 3.07 bits per heavy atom. The Labute approximate surface area is 81.8 Å². The molecule has 2 heterocycles. The molecule has 0 saturated carbocycles. The van der Waals surface area contributed by atoms with Gasteiger partial charge in [-0.25, -0.2) is 0 Å². The van der Waals surface area contributed by atoms with Crippen molar-refractivity contribution < 1.29 is 9.52 Å². The van der Waals surface area contributed by atoms with E-state index in [1.54, 1.807) is 10.9 Å². The molecule has 74 valence electrons. The summed E-state index contributed by atoms with van der Waals surface area (Å²) in [6, 6.07) is 5.63. The highest BCUT2D eigenvalue weighted by molar-refractivity contribution is 5.51. The highest BCUT2D eigenvalue weighted by Crippen LogP contribution is 2.18. The predicted molar refractivity (Wildman–Crippen MR) is 51.8 cm³/mol. The SMILES string of the molecule is Cc1cc(-c2ccco2)nn1CCO. The third kappa shape index (κ3) is 1.56. The molecule has 2 rings (SSSR count). The van der Waals surface area contributed by atoms with Crippen LogP contribution in [0.2, 0.25) is 0 Å². The molecule has 4 heteroatoms. The van der Waals surface area contributed by atoms with E-state index in [0.717, 1.165) is 17.1 Å². The minimum Gasteiger partial charge on any atom is -0.463 e. The third-order valence-electron chi connectivity index (χ3n) is 2.07. The largest absolute Gasteiger partial charge is 0.463 e. The summed E-state index contributed by atoms with van der Waals surface area (Å²) >= 11 is 0. The van der Waals surface area contributed by atoms with Crippen molar-refractivity contribution in [2.45, 2.75) is 13.5 Å². The molecule has 0 aliphatic heterocycles. The molecule has 0 aliphatic rings. The van der Waals surface area contributed by atoms with Gasteiger partial charge in [0.25, 0.3) is 0 Å². The quantitative estimate of drug-likeness (QED) is 0.800. The molecule has 0 saturated heterocycles. The highest BCUT2D eigenvalue weighted by Gasteiger charge is 2.07. The zero-order valence-electron chi connectivity index (χ0n) is 7.97. The van der Waals surface area contributed by atoms with E-state index in [1.807, 2.05) is 25.1 Å². The van der Waals surface area contributed by atoms with Crippen LogP contribution < -0.4 is 0 Å². The lowest BCUT2D eigenvalue weighted by molar-refractivity contribution is 0.268. The van der Waals surface area contributed by atoms with Crippen molar-refractivity contribution in [3.8, 4) is 11.5 Å². The molecule has 0 amide bonds. The Hall–Kier alpha value is -1.55. The number of furan rings is 1. The van der Waals surface area contributed by atoms with Gasteiger partial charge in [0.05, 0.1) is 19.4 Å². The van der Waals surface area contributed by atoms with Crippen molar-refractivity contribution in [1.29, 1.82) is 0 Å². The van der Waals surface area contributed by atoms with Gasteiger partial charge in [-0.1, -0.05) is 0 Å². The number of aromatic nitrogens is 2. The first kappa shape index (κ1) is 9.02. The smallest absolute Gasteiger partial charge is 0.154 e. The van der Waals surface area contributed by atoms with E-state index >= 15 is 0 Å². The number of nitrogens with zero attached hydrogens (tertiary/aromatic N) is 2. The molecule has 0 spiro atoms. The molecule has 0 radical (unpaired) electrons. The molecule has 0 atom stereocenters. The summed E-state index contributed by atoms with van der Waals surface area (Å²) in [6.07, 6.45) is 1.62. The van der Waals surface area contributed by atoms with Crippen LogP contribution in [0.4, 0.5) is 0 Å². The van der Waals surface area contributed by atoms with Crippen molar-refractivity contribution in [3.63, 3.8) is 0 Å². The molecule has 0 bridgehead atoms. The first-order valence-corrected chi connectivity index (χ1v) is 4.50. The van der Waals surface area contributed by atoms with Crippen LogP contribution in [-0.4, -0.2) is 21.5 Å². The van der Waals surface area contributed by atoms with Gasteiger partial charge >= 0.3 is 0 Å². The normalized spacial score (nSPS) is 10.7. The van der Waals surface area contributed by atoms with E-state index in [9.17, 15) is 0 Å². The second-order valence-electron chi connectivity index (χ2n) is 3.10. The van der Waals surface area contributed by atoms with Gasteiger partial charge in [0.1, 0.15) is 5.69 Å². The zero-order valence-corrected chi connectivity index (χ0v) is 7.97. The second-order valence-corrected chi connectivity index (χ2v) is 3.10. The summed E-state index contributed by atoms with van der Waals surface area (Å²) in [5, 5.41) is 13.1. The second kappa shape index (κ2) is 3.67. The lowest BCUT2D eigenvalue weighted by Gasteiger charge is -1.98. The first-order chi connectivity index (χ1) is 6.81. The topological polar surface area (TPSA) is 51.2 Å². The van der Waals surface area contributed by atoms with Crippen LogP contribution in [0.5, 0.6) is 0 Å². The van der Waals surface area contributed by atoms with E-state index in [-0.39, 0.29) is 6.61 Å². The van der Waals surface area contributed by atoms with Crippen molar-refractivity contribution in [2.24, 2.45) is 0 Å². The standard InChI is InChI=1S/C10H12N2O2/c1-8-7-9(10-3-2-6-14-10)11-12(8)4-5-13/h2-3,6-7,13H,4-5H2,1H3. The molecule has 0 aromatic carbocycles. The lowest BCUT2D eigenvalue weighted by atomic mass is 10.3. The van der Waals surface area contributed by atoms with Crippen LogP contribution >= 0.6 is 0 Å². The van der Waals surface area contributed by atoms with E-state index in [0.29, 0.717) is 6.54 Å². The van der Waals surface area contributed by atoms with E-state index < -0.39 is 0 Å². The molecule has 0 unspecified atom stereocenters. The van der Waals surface area contributed by atoms with Gasteiger partial charge in [0, 0.05) is 5.69 Å². The number of aliphatic hydroxyl groups is 1. The maximum atomic E-state index is 8.80. The van der Waals surface area contributed by atoms with Gasteiger partial charge in [-0.15, -0.1) is 0 Å². The third-order valence-corrected chi connectivity index (χ3v) is 2.07. The van der Waals surface area contributed by atoms with Gasteiger partial charge in [0.2, 0.25) is 0 Å². The fraction of sp³-hybridized carbons (Fsp3) is 0.300. The van der Waals surface area contributed by atoms with Gasteiger partial charge in [-0.05, 0) is 25.1 Å². The number of aliphatic hydroxyl groups excluding tert-OH is 1. The molecule has 1 N–H and O–H groups in total. The molecule has 0 fully saturated rings. The fourth-order valence-electron chi connectivity index (χ4n) is 1.38. The predicted octanol–water partition coefficient (Wildman–Crippen LogP) is 1.44. The minimum absolute atomic E-state index is 0.0973. The van der Waals surface area contributed by atoms with Crippen LogP contribution in [0.15, 0.2) is 28.9 Å². The Morgan fingerprint density at radius 2 is 2.43 bits per heavy atom. The fourth-order valence-corrected chi connectivity index (χ4v) is 1.38. The Morgan fingerprint density at radius 1 is 1.57 bits per heavy atom. The Kier molecular flexibility index (Phi) is 2.37. The van der Waals surface area contributed by atoms with Gasteiger partial charge < -0.3 is 9.52 Å². The van der Waals surface area contributed by atoms with Gasteiger partial charge in [-0.3, -0.25) is 4.68 Å². The number of rotatable bonds is 3. The van der Waals surface area contributed by atoms with Crippen molar-refractivity contribution in [1.82, 2.24) is 9.78 Å². The van der Waals surface area contributed by atoms with Crippen molar-refractivity contribution in [3.05, 3.63) is 30.2 Å². The molecule has 0 aliphatic carbocycles. The summed E-state index contributed by atoms with van der Waals surface area (Å²) in [5.74, 6) is 0.754. The number of aryl methyl sites for hydroxylation is 1. The summed E-state index contributed by atoms with van der Waals surface area (Å²) < 4.78 is 6.99. The zero-order chi connectivity index (χ0) is 9.97. The average Bonchev–Trinajstić information content (AvgIpc) is 2.76. The Bertz CT molecular complexity index is 404. The van der Waals surface area contributed by atoms with E-state index in [2.05, 4.69) is 5.10 Å². The molecule has 2 aromatic heterocycles. The van der Waals surface area contributed by atoms with Crippen LogP contribution in [0, 0.1) is 6.92 Å². The van der Waals surface area contributed by atoms with E-state index in [4.69, 9.17) is 9.52 Å². The molecule has 2 aromatic rings. The molecular weight excluding hydrogens is 180 g/mol. The van der Waals surface area contributed by atoms with Crippen LogP contribution in [0.3, 0.4) is 0 Å². The summed E-state index contributed by atoms with van der Waals surface area (Å²) in [4.78, 5) is 0. The van der Waals surface area contributed by atoms with Gasteiger partial charge in [-0.2, -0.15) is 5.10 Å². The van der Waals surface area contributed by atoms with Crippen molar-refractivity contribution in [2.75, 3.05) is 6.61 Å². The van der Waals surface area contributed by atoms with Crippen LogP contribution in [0.25, 0.3) is 11.5 Å². The van der Waals surface area contributed by atoms with Gasteiger partial charge in [0.15, 0.2) is 5.76 Å². The maximum absolute atomic E-state index is 8.80. The summed E-state index contributed by atoms with van der Waals surface area (Å²) in [6.45, 7) is 2.57. The molecule has 14 heavy (non-hydrogen) atoms. The molecular formula is C10H12N2O2. The highest BCUT2D eigenvalue weighted by atomic mass is 16.3. The summed E-state index contributed by atoms with van der Waals surface area (Å²) in [7, 11) is 0. The monoisotopic (exact) mass is 192 g/mol. The first-order valence-electron chi connectivity index (χ1n) is 4.50. The van der Waals surface area contributed by atoms with E-state index in [1.165, 1.54) is 0 Å². The minimum atomic E-state index is 0.0973. The number of hydrogen-bond acceptors (Lipinski definition) is 3. The summed E-state index contributed by atoms with van der Waals surface area (Å²) in [5.41, 5.74) is 1.83. The lowest BCUT2D eigenvalue weighted by Crippen LogP contribution is -2.05. The maximum Gasteiger partial charge on any atom is 0.154 e. The molecule has 4 nitrogen and oxygen atoms in total. The number of hydrogen-bond donors (Lipinski definition) is 1. The van der Waals surface area contributed by atoms with Crippen molar-refractivity contribution >= 4 is 0 Å². The van der Waals surface area contributed by atoms with Crippen LogP contribution in [-0.2, 0) is 6.54 Å². The average molecular weight is 192 g/mol. The Balaban J connectivity index is 2.33. The van der Waals surface area contributed by atoms with Crippen LogP contribution in [0.1, 0.15) is 5.69 Å².